The van der Waals surface area contributed by atoms with E-state index in [1.807, 2.05) is 0 Å². The fraction of sp³-hybridized carbons (Fsp3) is 1.00. The van der Waals surface area contributed by atoms with Crippen LogP contribution in [0.2, 0.25) is 5.54 Å². The molecule has 0 saturated heterocycles. The van der Waals surface area contributed by atoms with E-state index >= 15 is 0 Å². The second-order valence-electron chi connectivity index (χ2n) is 3.82. The quantitative estimate of drug-likeness (QED) is 0.559. The summed E-state index contributed by atoms with van der Waals surface area (Å²) in [5.74, 6) is 1.98. The van der Waals surface area contributed by atoms with Crippen molar-refractivity contribution in [2.24, 2.45) is 11.8 Å². The molecule has 0 aromatic heterocycles. The highest BCUT2D eigenvalue weighted by Gasteiger charge is 2.17. The van der Waals surface area contributed by atoms with Crippen molar-refractivity contribution in [3.8, 4) is 0 Å². The lowest BCUT2D eigenvalue weighted by Gasteiger charge is -2.26. The summed E-state index contributed by atoms with van der Waals surface area (Å²) in [5.41, 5.74) is 1.05. The minimum absolute atomic E-state index is 0.964. The Morgan fingerprint density at radius 2 is 1.45 bits per heavy atom. The SMILES string of the molecule is CCC(C)C([SiH3])C(CC)CC. The Hall–Kier alpha value is 0.217. The smallest absolute Gasteiger partial charge is 0.00742 e. The van der Waals surface area contributed by atoms with Gasteiger partial charge in [-0.3, -0.25) is 0 Å². The maximum absolute atomic E-state index is 2.41. The van der Waals surface area contributed by atoms with Crippen molar-refractivity contribution >= 4 is 10.2 Å². The van der Waals surface area contributed by atoms with Crippen LogP contribution >= 0.6 is 0 Å². The fourth-order valence-electron chi connectivity index (χ4n) is 1.87. The van der Waals surface area contributed by atoms with Gasteiger partial charge in [0.05, 0.1) is 0 Å². The van der Waals surface area contributed by atoms with E-state index in [9.17, 15) is 0 Å². The molecule has 0 radical (unpaired) electrons. The third kappa shape index (κ3) is 3.41. The minimum Gasteiger partial charge on any atom is -0.0651 e. The highest BCUT2D eigenvalue weighted by Crippen LogP contribution is 2.30. The van der Waals surface area contributed by atoms with Crippen LogP contribution < -0.4 is 0 Å². The second kappa shape index (κ2) is 5.82. The van der Waals surface area contributed by atoms with Gasteiger partial charge in [0.25, 0.3) is 0 Å². The van der Waals surface area contributed by atoms with Crippen LogP contribution in [0.5, 0.6) is 0 Å². The summed E-state index contributed by atoms with van der Waals surface area (Å²) >= 11 is 0. The van der Waals surface area contributed by atoms with E-state index < -0.39 is 0 Å². The predicted molar refractivity (Wildman–Crippen MR) is 57.2 cm³/mol. The van der Waals surface area contributed by atoms with Crippen molar-refractivity contribution in [1.29, 1.82) is 0 Å². The molecular weight excluding hydrogens is 148 g/mol. The van der Waals surface area contributed by atoms with Crippen LogP contribution in [-0.4, -0.2) is 10.2 Å². The lowest BCUT2D eigenvalue weighted by atomic mass is 9.89. The second-order valence-corrected chi connectivity index (χ2v) is 5.15. The molecule has 11 heavy (non-hydrogen) atoms. The van der Waals surface area contributed by atoms with Gasteiger partial charge < -0.3 is 0 Å². The molecule has 2 unspecified atom stereocenters. The summed E-state index contributed by atoms with van der Waals surface area (Å²) in [7, 11) is 1.39. The molecule has 0 aromatic carbocycles. The van der Waals surface area contributed by atoms with Crippen molar-refractivity contribution in [2.75, 3.05) is 0 Å². The summed E-state index contributed by atoms with van der Waals surface area (Å²) in [6.45, 7) is 9.40. The van der Waals surface area contributed by atoms with E-state index in [0.29, 0.717) is 0 Å². The Morgan fingerprint density at radius 3 is 1.73 bits per heavy atom. The van der Waals surface area contributed by atoms with Gasteiger partial charge in [-0.05, 0) is 17.4 Å². The van der Waals surface area contributed by atoms with E-state index in [2.05, 4.69) is 27.7 Å². The first-order chi connectivity index (χ1) is 5.17. The van der Waals surface area contributed by atoms with Crippen LogP contribution in [0.1, 0.15) is 47.0 Å². The molecule has 0 bridgehead atoms. The summed E-state index contributed by atoms with van der Waals surface area (Å²) in [5, 5.41) is 0. The molecule has 0 saturated carbocycles. The summed E-state index contributed by atoms with van der Waals surface area (Å²) < 4.78 is 0. The van der Waals surface area contributed by atoms with Crippen molar-refractivity contribution in [2.45, 2.75) is 52.5 Å². The van der Waals surface area contributed by atoms with Crippen molar-refractivity contribution in [3.05, 3.63) is 0 Å². The Bertz CT molecular complexity index is 86.9. The summed E-state index contributed by atoms with van der Waals surface area (Å²) in [4.78, 5) is 0. The van der Waals surface area contributed by atoms with Gasteiger partial charge in [-0.15, -0.1) is 0 Å². The van der Waals surface area contributed by atoms with Crippen LogP contribution in [0, 0.1) is 11.8 Å². The minimum atomic E-state index is 0.964. The zero-order chi connectivity index (χ0) is 8.85. The third-order valence-corrected chi connectivity index (χ3v) is 5.41. The highest BCUT2D eigenvalue weighted by molar-refractivity contribution is 6.12. The fourth-order valence-corrected chi connectivity index (χ4v) is 3.28. The van der Waals surface area contributed by atoms with Crippen LogP contribution in [0.25, 0.3) is 0 Å². The summed E-state index contributed by atoms with van der Waals surface area (Å²) in [6, 6.07) is 0. The topological polar surface area (TPSA) is 0 Å². The molecule has 0 spiro atoms. The summed E-state index contributed by atoms with van der Waals surface area (Å²) in [6.07, 6.45) is 4.13. The van der Waals surface area contributed by atoms with E-state index in [4.69, 9.17) is 0 Å². The average Bonchev–Trinajstić information content (AvgIpc) is 2.05. The van der Waals surface area contributed by atoms with Crippen molar-refractivity contribution in [3.63, 3.8) is 0 Å². The molecule has 0 aliphatic carbocycles. The molecular formula is C10H24Si. The standard InChI is InChI=1S/C10H24Si/c1-5-8(4)10(11)9(6-2)7-3/h8-10H,5-7H2,1-4,11H3. The van der Waals surface area contributed by atoms with E-state index in [1.165, 1.54) is 29.5 Å². The van der Waals surface area contributed by atoms with Crippen LogP contribution in [-0.2, 0) is 0 Å². The van der Waals surface area contributed by atoms with Crippen LogP contribution in [0.4, 0.5) is 0 Å². The van der Waals surface area contributed by atoms with Gasteiger partial charge in [0, 0.05) is 10.2 Å². The lowest BCUT2D eigenvalue weighted by Crippen LogP contribution is -2.14. The van der Waals surface area contributed by atoms with Gasteiger partial charge >= 0.3 is 0 Å². The molecule has 0 fully saturated rings. The lowest BCUT2D eigenvalue weighted by molar-refractivity contribution is 0.365. The van der Waals surface area contributed by atoms with E-state index in [0.717, 1.165) is 17.4 Å². The maximum atomic E-state index is 2.41. The van der Waals surface area contributed by atoms with Gasteiger partial charge in [-0.2, -0.15) is 0 Å². The van der Waals surface area contributed by atoms with Gasteiger partial charge in [0.15, 0.2) is 0 Å². The molecule has 1 heteroatoms. The molecule has 0 nitrogen and oxygen atoms in total. The van der Waals surface area contributed by atoms with Crippen molar-refractivity contribution < 1.29 is 0 Å². The Morgan fingerprint density at radius 1 is 1.00 bits per heavy atom. The number of rotatable bonds is 5. The van der Waals surface area contributed by atoms with Gasteiger partial charge in [-0.25, -0.2) is 0 Å². The Kier molecular flexibility index (Phi) is 5.93. The van der Waals surface area contributed by atoms with E-state index in [-0.39, 0.29) is 0 Å². The molecule has 0 aliphatic heterocycles. The molecule has 0 rings (SSSR count). The molecule has 0 N–H and O–H groups in total. The molecule has 0 aromatic rings. The zero-order valence-electron chi connectivity index (χ0n) is 8.85. The third-order valence-electron chi connectivity index (χ3n) is 3.33. The maximum Gasteiger partial charge on any atom is 0.00742 e. The zero-order valence-corrected chi connectivity index (χ0v) is 10.9. The Balaban J connectivity index is 3.86. The predicted octanol–water partition coefficient (Wildman–Crippen LogP) is 2.62. The van der Waals surface area contributed by atoms with Crippen LogP contribution in [0.3, 0.4) is 0 Å². The largest absolute Gasteiger partial charge is 0.0651 e. The molecule has 68 valence electrons. The average molecular weight is 172 g/mol. The molecule has 0 heterocycles. The van der Waals surface area contributed by atoms with Crippen LogP contribution in [0.15, 0.2) is 0 Å². The number of hydrogen-bond acceptors (Lipinski definition) is 0. The first kappa shape index (κ1) is 11.2. The molecule has 0 amide bonds. The molecule has 0 aliphatic rings. The first-order valence-corrected chi connectivity index (χ1v) is 6.32. The van der Waals surface area contributed by atoms with Gasteiger partial charge in [0.2, 0.25) is 0 Å². The normalized spacial score (nSPS) is 17.2. The van der Waals surface area contributed by atoms with Crippen molar-refractivity contribution in [1.82, 2.24) is 0 Å². The van der Waals surface area contributed by atoms with Gasteiger partial charge in [0.1, 0.15) is 0 Å². The first-order valence-electron chi connectivity index (χ1n) is 5.17. The van der Waals surface area contributed by atoms with Gasteiger partial charge in [-0.1, -0.05) is 47.0 Å². The number of hydrogen-bond donors (Lipinski definition) is 0. The Labute approximate surface area is 75.2 Å². The highest BCUT2D eigenvalue weighted by atomic mass is 28.1. The van der Waals surface area contributed by atoms with E-state index in [1.54, 1.807) is 0 Å². The monoisotopic (exact) mass is 172 g/mol. The molecule has 2 atom stereocenters.